The Morgan fingerprint density at radius 2 is 1.62 bits per heavy atom. The fourth-order valence-electron chi connectivity index (χ4n) is 1.14. The Morgan fingerprint density at radius 1 is 1.15 bits per heavy atom. The van der Waals surface area contributed by atoms with E-state index in [-0.39, 0.29) is 0 Å². The van der Waals surface area contributed by atoms with E-state index in [1.54, 1.807) is 0 Å². The highest BCUT2D eigenvalue weighted by atomic mass is 35.5. The molecular formula is C9H12Cl2N2. The van der Waals surface area contributed by atoms with Crippen molar-refractivity contribution in [1.29, 1.82) is 0 Å². The summed E-state index contributed by atoms with van der Waals surface area (Å²) < 4.78 is 0. The number of nitrogens with one attached hydrogen (secondary N) is 1. The summed E-state index contributed by atoms with van der Waals surface area (Å²) >= 11 is 12.1. The van der Waals surface area contributed by atoms with Gasteiger partial charge in [-0.3, -0.25) is 4.98 Å². The van der Waals surface area contributed by atoms with Crippen molar-refractivity contribution in [2.75, 3.05) is 11.9 Å². The molecule has 1 N–H and O–H groups in total. The maximum absolute atomic E-state index is 6.04. The first kappa shape index (κ1) is 10.6. The number of nitrogens with zero attached hydrogens (tertiary/aromatic N) is 1. The smallest absolute Gasteiger partial charge is 0.0865 e. The van der Waals surface area contributed by atoms with Crippen LogP contribution in [0, 0.1) is 13.8 Å². The van der Waals surface area contributed by atoms with Crippen molar-refractivity contribution in [2.45, 2.75) is 20.8 Å². The van der Waals surface area contributed by atoms with Crippen LogP contribution in [0.5, 0.6) is 0 Å². The number of aryl methyl sites for hydroxylation is 2. The zero-order valence-corrected chi connectivity index (χ0v) is 9.42. The van der Waals surface area contributed by atoms with Crippen LogP contribution < -0.4 is 5.32 Å². The highest BCUT2D eigenvalue weighted by Gasteiger charge is 2.11. The quantitative estimate of drug-likeness (QED) is 0.824. The molecule has 0 radical (unpaired) electrons. The maximum atomic E-state index is 6.04. The Bertz CT molecular complexity index is 298. The van der Waals surface area contributed by atoms with Gasteiger partial charge in [-0.2, -0.15) is 0 Å². The number of rotatable bonds is 2. The second-order valence-electron chi connectivity index (χ2n) is 2.82. The molecule has 0 spiro atoms. The number of halogens is 2. The fourth-order valence-corrected chi connectivity index (χ4v) is 1.60. The Morgan fingerprint density at radius 3 is 2.00 bits per heavy atom. The van der Waals surface area contributed by atoms with Crippen LogP contribution in [0.2, 0.25) is 10.0 Å². The Balaban J connectivity index is 3.28. The molecule has 4 heteroatoms. The van der Waals surface area contributed by atoms with E-state index in [1.807, 2.05) is 20.8 Å². The van der Waals surface area contributed by atoms with Crippen molar-refractivity contribution < 1.29 is 0 Å². The summed E-state index contributed by atoms with van der Waals surface area (Å²) in [6.07, 6.45) is 0. The van der Waals surface area contributed by atoms with Gasteiger partial charge >= 0.3 is 0 Å². The van der Waals surface area contributed by atoms with Gasteiger partial charge in [0.1, 0.15) is 0 Å². The van der Waals surface area contributed by atoms with Gasteiger partial charge in [0.05, 0.1) is 27.1 Å². The number of hydrogen-bond acceptors (Lipinski definition) is 2. The second kappa shape index (κ2) is 4.16. The van der Waals surface area contributed by atoms with Crippen LogP contribution in [-0.2, 0) is 0 Å². The maximum Gasteiger partial charge on any atom is 0.0865 e. The van der Waals surface area contributed by atoms with Crippen LogP contribution in [-0.4, -0.2) is 11.5 Å². The van der Waals surface area contributed by atoms with E-state index in [2.05, 4.69) is 10.3 Å². The van der Waals surface area contributed by atoms with Gasteiger partial charge < -0.3 is 5.32 Å². The lowest BCUT2D eigenvalue weighted by atomic mass is 10.2. The normalized spacial score (nSPS) is 10.2. The fraction of sp³-hybridized carbons (Fsp3) is 0.444. The predicted octanol–water partition coefficient (Wildman–Crippen LogP) is 3.44. The molecule has 2 nitrogen and oxygen atoms in total. The molecule has 1 aromatic heterocycles. The summed E-state index contributed by atoms with van der Waals surface area (Å²) in [5, 5.41) is 4.34. The third-order valence-corrected chi connectivity index (χ3v) is 2.69. The lowest BCUT2D eigenvalue weighted by Gasteiger charge is -2.11. The molecule has 0 fully saturated rings. The molecule has 1 aromatic rings. The van der Waals surface area contributed by atoms with E-state index in [9.17, 15) is 0 Å². The number of pyridine rings is 1. The standard InChI is InChI=1S/C9H12Cl2N2/c1-4-12-9-7(10)5(2)13-6(3)8(9)11/h4H2,1-3H3,(H,12,13). The van der Waals surface area contributed by atoms with E-state index in [0.717, 1.165) is 23.6 Å². The van der Waals surface area contributed by atoms with Gasteiger partial charge in [0, 0.05) is 6.54 Å². The average molecular weight is 219 g/mol. The molecule has 0 saturated heterocycles. The van der Waals surface area contributed by atoms with Crippen molar-refractivity contribution in [1.82, 2.24) is 4.98 Å². The topological polar surface area (TPSA) is 24.9 Å². The summed E-state index contributed by atoms with van der Waals surface area (Å²) in [5.74, 6) is 0. The minimum atomic E-state index is 0.609. The van der Waals surface area contributed by atoms with Crippen LogP contribution in [0.15, 0.2) is 0 Å². The number of anilines is 1. The molecule has 13 heavy (non-hydrogen) atoms. The summed E-state index contributed by atoms with van der Waals surface area (Å²) in [5.41, 5.74) is 2.40. The lowest BCUT2D eigenvalue weighted by Crippen LogP contribution is -2.02. The van der Waals surface area contributed by atoms with Crippen molar-refractivity contribution >= 4 is 28.9 Å². The molecule has 1 rings (SSSR count). The molecule has 0 aliphatic heterocycles. The third kappa shape index (κ3) is 2.06. The lowest BCUT2D eigenvalue weighted by molar-refractivity contribution is 1.11. The molecule has 0 aliphatic rings. The van der Waals surface area contributed by atoms with Crippen LogP contribution >= 0.6 is 23.2 Å². The van der Waals surface area contributed by atoms with Crippen LogP contribution in [0.3, 0.4) is 0 Å². The molecule has 0 unspecified atom stereocenters. The largest absolute Gasteiger partial charge is 0.383 e. The summed E-state index contributed by atoms with van der Waals surface area (Å²) in [6, 6.07) is 0. The summed E-state index contributed by atoms with van der Waals surface area (Å²) in [7, 11) is 0. The van der Waals surface area contributed by atoms with Gasteiger partial charge in [0.2, 0.25) is 0 Å². The Hall–Kier alpha value is -0.470. The zero-order valence-electron chi connectivity index (χ0n) is 7.91. The zero-order chi connectivity index (χ0) is 10.0. The highest BCUT2D eigenvalue weighted by Crippen LogP contribution is 2.33. The van der Waals surface area contributed by atoms with Gasteiger partial charge in [0.25, 0.3) is 0 Å². The first-order chi connectivity index (χ1) is 6.07. The molecule has 1 heterocycles. The van der Waals surface area contributed by atoms with Gasteiger partial charge in [-0.05, 0) is 20.8 Å². The number of hydrogen-bond donors (Lipinski definition) is 1. The third-order valence-electron chi connectivity index (χ3n) is 1.76. The summed E-state index contributed by atoms with van der Waals surface area (Å²) in [4.78, 5) is 4.21. The van der Waals surface area contributed by atoms with E-state index >= 15 is 0 Å². The van der Waals surface area contributed by atoms with Crippen LogP contribution in [0.1, 0.15) is 18.3 Å². The molecule has 0 aliphatic carbocycles. The first-order valence-electron chi connectivity index (χ1n) is 4.14. The minimum Gasteiger partial charge on any atom is -0.383 e. The Labute approximate surface area is 88.3 Å². The van der Waals surface area contributed by atoms with E-state index in [0.29, 0.717) is 10.0 Å². The first-order valence-corrected chi connectivity index (χ1v) is 4.89. The SMILES string of the molecule is CCNc1c(Cl)c(C)nc(C)c1Cl. The molecule has 0 bridgehead atoms. The second-order valence-corrected chi connectivity index (χ2v) is 3.57. The van der Waals surface area contributed by atoms with E-state index < -0.39 is 0 Å². The van der Waals surface area contributed by atoms with Crippen LogP contribution in [0.25, 0.3) is 0 Å². The Kier molecular flexibility index (Phi) is 3.40. The molecule has 0 aromatic carbocycles. The molecule has 72 valence electrons. The average Bonchev–Trinajstić information content (AvgIpc) is 2.09. The highest BCUT2D eigenvalue weighted by molar-refractivity contribution is 6.39. The minimum absolute atomic E-state index is 0.609. The monoisotopic (exact) mass is 218 g/mol. The van der Waals surface area contributed by atoms with Crippen molar-refractivity contribution in [2.24, 2.45) is 0 Å². The van der Waals surface area contributed by atoms with E-state index in [1.165, 1.54) is 0 Å². The van der Waals surface area contributed by atoms with Gasteiger partial charge in [0.15, 0.2) is 0 Å². The summed E-state index contributed by atoms with van der Waals surface area (Å²) in [6.45, 7) is 6.53. The van der Waals surface area contributed by atoms with Crippen LogP contribution in [0.4, 0.5) is 5.69 Å². The van der Waals surface area contributed by atoms with Gasteiger partial charge in [-0.25, -0.2) is 0 Å². The number of aromatic nitrogens is 1. The van der Waals surface area contributed by atoms with Crippen molar-refractivity contribution in [3.05, 3.63) is 21.4 Å². The van der Waals surface area contributed by atoms with Crippen molar-refractivity contribution in [3.8, 4) is 0 Å². The molecule has 0 amide bonds. The van der Waals surface area contributed by atoms with Gasteiger partial charge in [-0.15, -0.1) is 0 Å². The molecular weight excluding hydrogens is 207 g/mol. The van der Waals surface area contributed by atoms with Gasteiger partial charge in [-0.1, -0.05) is 23.2 Å². The molecule has 0 saturated carbocycles. The van der Waals surface area contributed by atoms with Crippen molar-refractivity contribution in [3.63, 3.8) is 0 Å². The predicted molar refractivity (Wildman–Crippen MR) is 57.9 cm³/mol. The van der Waals surface area contributed by atoms with E-state index in [4.69, 9.17) is 23.2 Å². The molecule has 0 atom stereocenters.